The maximum absolute atomic E-state index is 6.82. The minimum Gasteiger partial charge on any atom is -0.237 e. The molecular weight excluding hydrogens is 205 g/mol. The van der Waals surface area contributed by atoms with E-state index < -0.39 is 0 Å². The summed E-state index contributed by atoms with van der Waals surface area (Å²) in [4.78, 5) is 3.24. The molecule has 3 heteroatoms. The molecule has 1 aromatic carbocycles. The summed E-state index contributed by atoms with van der Waals surface area (Å²) in [5, 5.41) is 1.01. The van der Waals surface area contributed by atoms with Gasteiger partial charge in [0.05, 0.1) is 6.57 Å². The maximum atomic E-state index is 6.82. The molecule has 0 aliphatic heterocycles. The van der Waals surface area contributed by atoms with E-state index in [4.69, 9.17) is 29.8 Å². The molecule has 0 N–H and O–H groups in total. The Kier molecular flexibility index (Phi) is 3.36. The third kappa shape index (κ3) is 2.24. The Morgan fingerprint density at radius 1 is 1.38 bits per heavy atom. The zero-order valence-electron chi connectivity index (χ0n) is 6.85. The molecule has 0 amide bonds. The lowest BCUT2D eigenvalue weighted by Crippen LogP contribution is -1.82. The summed E-state index contributed by atoms with van der Waals surface area (Å²) in [5.41, 5.74) is 1.29. The average Bonchev–Trinajstić information content (AvgIpc) is 2.11. The van der Waals surface area contributed by atoms with Crippen LogP contribution in [0, 0.1) is 6.57 Å². The third-order valence-electron chi connectivity index (χ3n) is 1.60. The lowest BCUT2D eigenvalue weighted by molar-refractivity contribution is 1.28. The largest absolute Gasteiger partial charge is 0.237 e. The SMILES string of the molecule is [C-]#[N+]c1cc(Cl)c(CC=C)cc1Cl. The standard InChI is InChI=1S/C10H7Cl2N/c1-3-4-7-5-9(12)10(13-2)6-8(7)11/h3,5-6H,1,4H2. The molecular formula is C10H7Cl2N. The zero-order valence-corrected chi connectivity index (χ0v) is 8.36. The normalized spacial score (nSPS) is 9.31. The fourth-order valence-corrected chi connectivity index (χ4v) is 1.44. The number of nitrogens with zero attached hydrogens (tertiary/aromatic N) is 1. The quantitative estimate of drug-likeness (QED) is 0.509. The summed E-state index contributed by atoms with van der Waals surface area (Å²) < 4.78 is 0. The van der Waals surface area contributed by atoms with E-state index in [0.717, 1.165) is 5.56 Å². The Hall–Kier alpha value is -0.970. The molecule has 0 radical (unpaired) electrons. The first-order valence-corrected chi connectivity index (χ1v) is 4.41. The second-order valence-electron chi connectivity index (χ2n) is 2.50. The van der Waals surface area contributed by atoms with Crippen molar-refractivity contribution in [2.24, 2.45) is 0 Å². The second kappa shape index (κ2) is 4.32. The molecule has 1 nitrogen and oxygen atoms in total. The lowest BCUT2D eigenvalue weighted by Gasteiger charge is -2.03. The summed E-state index contributed by atoms with van der Waals surface area (Å²) in [7, 11) is 0. The van der Waals surface area contributed by atoms with E-state index in [1.807, 2.05) is 0 Å². The summed E-state index contributed by atoms with van der Waals surface area (Å²) in [5.74, 6) is 0. The number of benzene rings is 1. The van der Waals surface area contributed by atoms with Crippen LogP contribution >= 0.6 is 23.2 Å². The molecule has 0 aliphatic rings. The van der Waals surface area contributed by atoms with Crippen molar-refractivity contribution in [3.63, 3.8) is 0 Å². The van der Waals surface area contributed by atoms with Gasteiger partial charge >= 0.3 is 0 Å². The van der Waals surface area contributed by atoms with Gasteiger partial charge in [0.1, 0.15) is 0 Å². The van der Waals surface area contributed by atoms with Crippen LogP contribution in [0.4, 0.5) is 5.69 Å². The van der Waals surface area contributed by atoms with Crippen LogP contribution in [0.1, 0.15) is 5.56 Å². The zero-order chi connectivity index (χ0) is 9.84. The van der Waals surface area contributed by atoms with E-state index in [1.165, 1.54) is 0 Å². The van der Waals surface area contributed by atoms with Gasteiger partial charge in [0.2, 0.25) is 5.69 Å². The first-order chi connectivity index (χ1) is 6.19. The summed E-state index contributed by atoms with van der Waals surface area (Å²) >= 11 is 11.7. The van der Waals surface area contributed by atoms with Crippen molar-refractivity contribution in [2.75, 3.05) is 0 Å². The van der Waals surface area contributed by atoms with Gasteiger partial charge in [-0.25, -0.2) is 4.85 Å². The minimum absolute atomic E-state index is 0.388. The van der Waals surface area contributed by atoms with E-state index in [2.05, 4.69) is 11.4 Å². The molecule has 0 spiro atoms. The Labute approximate surface area is 87.4 Å². The number of rotatable bonds is 2. The van der Waals surface area contributed by atoms with Crippen LogP contribution in [-0.4, -0.2) is 0 Å². The molecule has 0 unspecified atom stereocenters. The average molecular weight is 212 g/mol. The van der Waals surface area contributed by atoms with Crippen molar-refractivity contribution in [3.8, 4) is 0 Å². The van der Waals surface area contributed by atoms with Gasteiger partial charge in [-0.1, -0.05) is 29.3 Å². The molecule has 1 rings (SSSR count). The predicted molar refractivity (Wildman–Crippen MR) is 56.6 cm³/mol. The van der Waals surface area contributed by atoms with E-state index in [1.54, 1.807) is 18.2 Å². The molecule has 13 heavy (non-hydrogen) atoms. The first kappa shape index (κ1) is 10.1. The van der Waals surface area contributed by atoms with Crippen molar-refractivity contribution in [3.05, 3.63) is 51.8 Å². The molecule has 0 saturated carbocycles. The molecule has 0 aromatic heterocycles. The summed E-state index contributed by atoms with van der Waals surface area (Å²) in [6.07, 6.45) is 2.41. The van der Waals surface area contributed by atoms with Gasteiger partial charge in [0, 0.05) is 10.0 Å². The van der Waals surface area contributed by atoms with Gasteiger partial charge in [-0.15, -0.1) is 6.58 Å². The predicted octanol–water partition coefficient (Wildman–Crippen LogP) is 4.27. The van der Waals surface area contributed by atoms with Crippen LogP contribution in [-0.2, 0) is 6.42 Å². The fourth-order valence-electron chi connectivity index (χ4n) is 0.975. The van der Waals surface area contributed by atoms with Crippen LogP contribution in [0.5, 0.6) is 0 Å². The molecule has 0 fully saturated rings. The summed E-state index contributed by atoms with van der Waals surface area (Å²) in [6.45, 7) is 10.4. The Balaban J connectivity index is 3.21. The van der Waals surface area contributed by atoms with Crippen molar-refractivity contribution in [1.29, 1.82) is 0 Å². The van der Waals surface area contributed by atoms with Crippen LogP contribution in [0.25, 0.3) is 4.85 Å². The Morgan fingerprint density at radius 2 is 2.08 bits per heavy atom. The number of halogens is 2. The van der Waals surface area contributed by atoms with Gasteiger partial charge in [-0.05, 0) is 24.1 Å². The number of allylic oxidation sites excluding steroid dienone is 1. The molecule has 66 valence electrons. The van der Waals surface area contributed by atoms with Crippen LogP contribution < -0.4 is 0 Å². The van der Waals surface area contributed by atoms with Gasteiger partial charge in [-0.2, -0.15) is 0 Å². The van der Waals surface area contributed by atoms with Crippen molar-refractivity contribution in [2.45, 2.75) is 6.42 Å². The van der Waals surface area contributed by atoms with Crippen molar-refractivity contribution < 1.29 is 0 Å². The third-order valence-corrected chi connectivity index (χ3v) is 2.26. The highest BCUT2D eigenvalue weighted by atomic mass is 35.5. The molecule has 0 saturated heterocycles. The van der Waals surface area contributed by atoms with Crippen LogP contribution in [0.3, 0.4) is 0 Å². The summed E-state index contributed by atoms with van der Waals surface area (Å²) in [6, 6.07) is 3.29. The topological polar surface area (TPSA) is 4.36 Å². The van der Waals surface area contributed by atoms with Gasteiger partial charge in [-0.3, -0.25) is 0 Å². The monoisotopic (exact) mass is 211 g/mol. The van der Waals surface area contributed by atoms with Crippen LogP contribution in [0.15, 0.2) is 24.8 Å². The Bertz CT molecular complexity index is 377. The molecule has 0 atom stereocenters. The highest BCUT2D eigenvalue weighted by molar-refractivity contribution is 6.35. The minimum atomic E-state index is 0.388. The van der Waals surface area contributed by atoms with E-state index in [0.29, 0.717) is 22.2 Å². The van der Waals surface area contributed by atoms with Crippen LogP contribution in [0.2, 0.25) is 10.0 Å². The van der Waals surface area contributed by atoms with Crippen molar-refractivity contribution in [1.82, 2.24) is 0 Å². The molecule has 0 aliphatic carbocycles. The highest BCUT2D eigenvalue weighted by Gasteiger charge is 2.05. The molecule has 1 aromatic rings. The van der Waals surface area contributed by atoms with Gasteiger partial charge in [0.15, 0.2) is 0 Å². The Morgan fingerprint density at radius 3 is 2.62 bits per heavy atom. The van der Waals surface area contributed by atoms with Gasteiger partial charge in [0.25, 0.3) is 0 Å². The fraction of sp³-hybridized carbons (Fsp3) is 0.100. The number of hydrogen-bond donors (Lipinski definition) is 0. The van der Waals surface area contributed by atoms with E-state index >= 15 is 0 Å². The molecule has 0 heterocycles. The van der Waals surface area contributed by atoms with E-state index in [-0.39, 0.29) is 0 Å². The lowest BCUT2D eigenvalue weighted by atomic mass is 10.1. The van der Waals surface area contributed by atoms with Crippen molar-refractivity contribution >= 4 is 28.9 Å². The van der Waals surface area contributed by atoms with Gasteiger partial charge < -0.3 is 0 Å². The first-order valence-electron chi connectivity index (χ1n) is 3.65. The second-order valence-corrected chi connectivity index (χ2v) is 3.31. The highest BCUT2D eigenvalue weighted by Crippen LogP contribution is 2.31. The maximum Gasteiger partial charge on any atom is 0.206 e. The smallest absolute Gasteiger partial charge is 0.206 e. The molecule has 0 bridgehead atoms. The van der Waals surface area contributed by atoms with E-state index in [9.17, 15) is 0 Å². The number of hydrogen-bond acceptors (Lipinski definition) is 0.